The van der Waals surface area contributed by atoms with Crippen LogP contribution in [0.5, 0.6) is 17.2 Å². The van der Waals surface area contributed by atoms with Gasteiger partial charge < -0.3 is 19.5 Å². The summed E-state index contributed by atoms with van der Waals surface area (Å²) in [5.41, 5.74) is 4.58. The number of carbonyl (C=O) groups excluding carboxylic acids is 2. The molecule has 0 unspecified atom stereocenters. The van der Waals surface area contributed by atoms with Crippen molar-refractivity contribution in [3.05, 3.63) is 52.6 Å². The number of methoxy groups -OCH3 is 2. The molecule has 3 N–H and O–H groups in total. The summed E-state index contributed by atoms with van der Waals surface area (Å²) in [6.45, 7) is -0.402. The highest BCUT2D eigenvalue weighted by Crippen LogP contribution is 2.28. The van der Waals surface area contributed by atoms with Crippen molar-refractivity contribution < 1.29 is 28.7 Å². The van der Waals surface area contributed by atoms with Crippen LogP contribution in [0.1, 0.15) is 0 Å². The quantitative estimate of drug-likeness (QED) is 0.484. The van der Waals surface area contributed by atoms with Crippen LogP contribution in [0.2, 0.25) is 0 Å². The van der Waals surface area contributed by atoms with Crippen molar-refractivity contribution in [3.63, 3.8) is 0 Å². The van der Waals surface area contributed by atoms with Gasteiger partial charge in [0.15, 0.2) is 6.61 Å². The lowest BCUT2D eigenvalue weighted by molar-refractivity contribution is -0.384. The standard InChI is InChI=1S/C17H18N4O7/c1-26-13-7-8-15(27-2)14(9-13)18-17(23)20-19-16(22)10-28-12-5-3-11(4-6-12)21(24)25/h3-9H,10H2,1-2H3,(H,19,22)(H2,18,20,23). The molecule has 0 saturated carbocycles. The summed E-state index contributed by atoms with van der Waals surface area (Å²) in [5.74, 6) is 0.554. The van der Waals surface area contributed by atoms with Crippen molar-refractivity contribution in [3.8, 4) is 17.2 Å². The monoisotopic (exact) mass is 390 g/mol. The molecule has 2 rings (SSSR count). The minimum Gasteiger partial charge on any atom is -0.497 e. The number of nitrogens with one attached hydrogen (secondary N) is 3. The summed E-state index contributed by atoms with van der Waals surface area (Å²) in [4.78, 5) is 33.7. The van der Waals surface area contributed by atoms with Crippen LogP contribution < -0.4 is 30.4 Å². The van der Waals surface area contributed by atoms with Gasteiger partial charge in [0.1, 0.15) is 17.2 Å². The molecule has 11 heteroatoms. The minimum atomic E-state index is -0.713. The Kier molecular flexibility index (Phi) is 6.97. The molecular weight excluding hydrogens is 372 g/mol. The van der Waals surface area contributed by atoms with Gasteiger partial charge in [-0.25, -0.2) is 10.2 Å². The Morgan fingerprint density at radius 2 is 1.68 bits per heavy atom. The molecule has 0 spiro atoms. The highest BCUT2D eigenvalue weighted by molar-refractivity contribution is 5.92. The van der Waals surface area contributed by atoms with Gasteiger partial charge >= 0.3 is 6.03 Å². The molecule has 148 valence electrons. The van der Waals surface area contributed by atoms with E-state index in [1.165, 1.54) is 38.5 Å². The van der Waals surface area contributed by atoms with E-state index in [0.29, 0.717) is 17.2 Å². The first-order chi connectivity index (χ1) is 13.4. The predicted molar refractivity (Wildman–Crippen MR) is 98.4 cm³/mol. The van der Waals surface area contributed by atoms with Crippen LogP contribution in [0.3, 0.4) is 0 Å². The normalized spacial score (nSPS) is 9.79. The van der Waals surface area contributed by atoms with E-state index in [9.17, 15) is 19.7 Å². The summed E-state index contributed by atoms with van der Waals surface area (Å²) in [6.07, 6.45) is 0. The predicted octanol–water partition coefficient (Wildman–Crippen LogP) is 1.84. The maximum atomic E-state index is 11.9. The average molecular weight is 390 g/mol. The van der Waals surface area contributed by atoms with E-state index in [0.717, 1.165) is 0 Å². The average Bonchev–Trinajstić information content (AvgIpc) is 2.70. The molecule has 0 heterocycles. The molecule has 3 amide bonds. The van der Waals surface area contributed by atoms with Crippen molar-refractivity contribution in [2.24, 2.45) is 0 Å². The Balaban J connectivity index is 1.81. The molecule has 0 aliphatic rings. The summed E-state index contributed by atoms with van der Waals surface area (Å²) >= 11 is 0. The third kappa shape index (κ3) is 5.76. The van der Waals surface area contributed by atoms with Gasteiger partial charge in [-0.05, 0) is 24.3 Å². The number of nitro groups is 1. The summed E-state index contributed by atoms with van der Waals surface area (Å²) in [6, 6.07) is 9.35. The number of hydrogen-bond acceptors (Lipinski definition) is 7. The largest absolute Gasteiger partial charge is 0.497 e. The molecule has 0 fully saturated rings. The number of hydrazine groups is 1. The van der Waals surface area contributed by atoms with Gasteiger partial charge in [0.05, 0.1) is 24.8 Å². The lowest BCUT2D eigenvalue weighted by Crippen LogP contribution is -2.45. The van der Waals surface area contributed by atoms with Gasteiger partial charge in [-0.2, -0.15) is 0 Å². The van der Waals surface area contributed by atoms with E-state index >= 15 is 0 Å². The first-order valence-corrected chi connectivity index (χ1v) is 7.88. The number of non-ortho nitro benzene ring substituents is 1. The fourth-order valence-electron chi connectivity index (χ4n) is 2.04. The molecule has 0 radical (unpaired) electrons. The number of rotatable bonds is 7. The Hall–Kier alpha value is -4.02. The van der Waals surface area contributed by atoms with Crippen LogP contribution in [0.4, 0.5) is 16.2 Å². The number of nitrogens with zero attached hydrogens (tertiary/aromatic N) is 1. The van der Waals surface area contributed by atoms with Crippen molar-refractivity contribution in [2.45, 2.75) is 0 Å². The fourth-order valence-corrected chi connectivity index (χ4v) is 2.04. The highest BCUT2D eigenvalue weighted by atomic mass is 16.6. The number of carbonyl (C=O) groups is 2. The molecule has 0 bridgehead atoms. The van der Waals surface area contributed by atoms with Crippen LogP contribution >= 0.6 is 0 Å². The maximum absolute atomic E-state index is 11.9. The first kappa shape index (κ1) is 20.3. The second kappa shape index (κ2) is 9.62. The number of amides is 3. The van der Waals surface area contributed by atoms with Gasteiger partial charge in [0, 0.05) is 18.2 Å². The molecule has 0 aliphatic heterocycles. The third-order valence-electron chi connectivity index (χ3n) is 3.39. The number of ether oxygens (including phenoxy) is 3. The van der Waals surface area contributed by atoms with Crippen molar-refractivity contribution in [1.82, 2.24) is 10.9 Å². The van der Waals surface area contributed by atoms with Gasteiger partial charge in [0.2, 0.25) is 0 Å². The Bertz CT molecular complexity index is 855. The summed E-state index contributed by atoms with van der Waals surface area (Å²) in [7, 11) is 2.93. The van der Waals surface area contributed by atoms with E-state index in [4.69, 9.17) is 14.2 Å². The summed E-state index contributed by atoms with van der Waals surface area (Å²) < 4.78 is 15.4. The van der Waals surface area contributed by atoms with Crippen molar-refractivity contribution >= 4 is 23.3 Å². The molecule has 0 aliphatic carbocycles. The topological polar surface area (TPSA) is 141 Å². The zero-order valence-electron chi connectivity index (χ0n) is 15.1. The Morgan fingerprint density at radius 3 is 2.29 bits per heavy atom. The van der Waals surface area contributed by atoms with E-state index in [1.54, 1.807) is 18.2 Å². The smallest absolute Gasteiger partial charge is 0.338 e. The van der Waals surface area contributed by atoms with Crippen LogP contribution in [0.25, 0.3) is 0 Å². The van der Waals surface area contributed by atoms with E-state index in [-0.39, 0.29) is 11.4 Å². The van der Waals surface area contributed by atoms with Crippen LogP contribution in [0, 0.1) is 10.1 Å². The van der Waals surface area contributed by atoms with Crippen LogP contribution in [-0.2, 0) is 4.79 Å². The van der Waals surface area contributed by atoms with Crippen molar-refractivity contribution in [1.29, 1.82) is 0 Å². The molecule has 2 aromatic rings. The second-order valence-corrected chi connectivity index (χ2v) is 5.23. The highest BCUT2D eigenvalue weighted by Gasteiger charge is 2.11. The molecule has 0 aromatic heterocycles. The zero-order valence-corrected chi connectivity index (χ0v) is 15.1. The fraction of sp³-hybridized carbons (Fsp3) is 0.176. The molecular formula is C17H18N4O7. The Labute approximate surface area is 159 Å². The number of urea groups is 1. The maximum Gasteiger partial charge on any atom is 0.338 e. The van der Waals surface area contributed by atoms with Gasteiger partial charge in [-0.1, -0.05) is 0 Å². The van der Waals surface area contributed by atoms with E-state index < -0.39 is 23.5 Å². The lowest BCUT2D eigenvalue weighted by Gasteiger charge is -2.13. The molecule has 28 heavy (non-hydrogen) atoms. The lowest BCUT2D eigenvalue weighted by atomic mass is 10.2. The number of anilines is 1. The number of benzene rings is 2. The zero-order chi connectivity index (χ0) is 20.5. The third-order valence-corrected chi connectivity index (χ3v) is 3.39. The first-order valence-electron chi connectivity index (χ1n) is 7.88. The van der Waals surface area contributed by atoms with Crippen molar-refractivity contribution in [2.75, 3.05) is 26.1 Å². The Morgan fingerprint density at radius 1 is 1.00 bits per heavy atom. The van der Waals surface area contributed by atoms with E-state index in [2.05, 4.69) is 16.2 Å². The molecule has 0 atom stereocenters. The number of hydrogen-bond donors (Lipinski definition) is 3. The van der Waals surface area contributed by atoms with Crippen LogP contribution in [-0.4, -0.2) is 37.7 Å². The minimum absolute atomic E-state index is 0.0943. The molecule has 2 aromatic carbocycles. The summed E-state index contributed by atoms with van der Waals surface area (Å²) in [5, 5.41) is 13.1. The number of nitro benzene ring substituents is 1. The van der Waals surface area contributed by atoms with Gasteiger partial charge in [0.25, 0.3) is 11.6 Å². The van der Waals surface area contributed by atoms with E-state index in [1.807, 2.05) is 0 Å². The molecule has 0 saturated heterocycles. The second-order valence-electron chi connectivity index (χ2n) is 5.23. The van der Waals surface area contributed by atoms with Crippen LogP contribution in [0.15, 0.2) is 42.5 Å². The molecule has 11 nitrogen and oxygen atoms in total. The van der Waals surface area contributed by atoms with Gasteiger partial charge in [-0.15, -0.1) is 0 Å². The van der Waals surface area contributed by atoms with Gasteiger partial charge in [-0.3, -0.25) is 20.3 Å². The SMILES string of the molecule is COc1ccc(OC)c(NC(=O)NNC(=O)COc2ccc([N+](=O)[O-])cc2)c1.